The Balaban J connectivity index is 2.93. The largest absolute Gasteiger partial charge is 0.383 e. The monoisotopic (exact) mass is 293 g/mol. The van der Waals surface area contributed by atoms with Crippen molar-refractivity contribution in [3.63, 3.8) is 0 Å². The van der Waals surface area contributed by atoms with Gasteiger partial charge in [0.25, 0.3) is 0 Å². The lowest BCUT2D eigenvalue weighted by Gasteiger charge is -2.32. The highest BCUT2D eigenvalue weighted by Gasteiger charge is 2.17. The van der Waals surface area contributed by atoms with Crippen LogP contribution in [0.15, 0.2) is 12.1 Å². The van der Waals surface area contributed by atoms with Crippen LogP contribution in [0.4, 0.5) is 5.82 Å². The Morgan fingerprint density at radius 3 is 2.48 bits per heavy atom. The van der Waals surface area contributed by atoms with Crippen LogP contribution >= 0.6 is 0 Å². The Morgan fingerprint density at radius 1 is 1.24 bits per heavy atom. The van der Waals surface area contributed by atoms with Crippen molar-refractivity contribution in [2.45, 2.75) is 53.1 Å². The van der Waals surface area contributed by atoms with Gasteiger partial charge in [0.1, 0.15) is 5.82 Å². The number of aromatic nitrogens is 1. The molecule has 1 N–H and O–H groups in total. The van der Waals surface area contributed by atoms with Crippen molar-refractivity contribution < 1.29 is 4.74 Å². The number of methoxy groups -OCH3 is 1. The Hall–Kier alpha value is -1.13. The van der Waals surface area contributed by atoms with Crippen molar-refractivity contribution in [3.8, 4) is 0 Å². The van der Waals surface area contributed by atoms with Crippen molar-refractivity contribution in [2.24, 2.45) is 0 Å². The van der Waals surface area contributed by atoms with Gasteiger partial charge < -0.3 is 15.0 Å². The molecule has 0 aliphatic carbocycles. The fourth-order valence-corrected chi connectivity index (χ4v) is 2.59. The third-order valence-corrected chi connectivity index (χ3v) is 3.96. The highest BCUT2D eigenvalue weighted by Crippen LogP contribution is 2.20. The van der Waals surface area contributed by atoms with E-state index in [1.165, 1.54) is 5.56 Å². The van der Waals surface area contributed by atoms with Gasteiger partial charge in [-0.3, -0.25) is 0 Å². The minimum absolute atomic E-state index is 0.520. The van der Waals surface area contributed by atoms with E-state index in [4.69, 9.17) is 9.72 Å². The van der Waals surface area contributed by atoms with Crippen LogP contribution in [0.25, 0.3) is 0 Å². The zero-order chi connectivity index (χ0) is 15.7. The Morgan fingerprint density at radius 2 is 1.95 bits per heavy atom. The summed E-state index contributed by atoms with van der Waals surface area (Å²) >= 11 is 0. The predicted molar refractivity (Wildman–Crippen MR) is 89.9 cm³/mol. The van der Waals surface area contributed by atoms with Crippen LogP contribution in [0.2, 0.25) is 0 Å². The standard InChI is InChI=1S/C17H31N3O/c1-6-16(7-2)20(11-12-21-5)17-10-9-15(13-18-8-3)14(4)19-17/h9-10,16,18H,6-8,11-13H2,1-5H3. The first-order valence-corrected chi connectivity index (χ1v) is 8.10. The first kappa shape index (κ1) is 17.9. The van der Waals surface area contributed by atoms with Crippen molar-refractivity contribution in [1.82, 2.24) is 10.3 Å². The van der Waals surface area contributed by atoms with E-state index in [0.717, 1.165) is 50.6 Å². The molecule has 1 aromatic heterocycles. The second-order valence-corrected chi connectivity index (χ2v) is 5.35. The maximum absolute atomic E-state index is 5.26. The number of hydrogen-bond donors (Lipinski definition) is 1. The first-order chi connectivity index (χ1) is 10.2. The molecule has 0 aliphatic rings. The van der Waals surface area contributed by atoms with Gasteiger partial charge in [-0.05, 0) is 37.9 Å². The van der Waals surface area contributed by atoms with Crippen molar-refractivity contribution in [3.05, 3.63) is 23.4 Å². The second-order valence-electron chi connectivity index (χ2n) is 5.35. The molecule has 0 radical (unpaired) electrons. The van der Waals surface area contributed by atoms with E-state index in [9.17, 15) is 0 Å². The van der Waals surface area contributed by atoms with Crippen molar-refractivity contribution in [1.29, 1.82) is 0 Å². The van der Waals surface area contributed by atoms with E-state index >= 15 is 0 Å². The molecule has 0 saturated heterocycles. The van der Waals surface area contributed by atoms with Crippen LogP contribution in [0.3, 0.4) is 0 Å². The molecule has 1 rings (SSSR count). The zero-order valence-corrected chi connectivity index (χ0v) is 14.3. The summed E-state index contributed by atoms with van der Waals surface area (Å²) < 4.78 is 5.26. The summed E-state index contributed by atoms with van der Waals surface area (Å²) in [6.45, 7) is 12.2. The van der Waals surface area contributed by atoms with E-state index in [1.54, 1.807) is 7.11 Å². The smallest absolute Gasteiger partial charge is 0.129 e. The number of nitrogens with one attached hydrogen (secondary N) is 1. The van der Waals surface area contributed by atoms with E-state index < -0.39 is 0 Å². The number of ether oxygens (including phenoxy) is 1. The highest BCUT2D eigenvalue weighted by atomic mass is 16.5. The molecular weight excluding hydrogens is 262 g/mol. The van der Waals surface area contributed by atoms with E-state index in [-0.39, 0.29) is 0 Å². The van der Waals surface area contributed by atoms with Gasteiger partial charge in [-0.1, -0.05) is 26.8 Å². The van der Waals surface area contributed by atoms with Crippen LogP contribution in [-0.2, 0) is 11.3 Å². The minimum atomic E-state index is 0.520. The summed E-state index contributed by atoms with van der Waals surface area (Å²) in [7, 11) is 1.75. The van der Waals surface area contributed by atoms with Gasteiger partial charge in [0.2, 0.25) is 0 Å². The molecule has 0 amide bonds. The molecule has 1 heterocycles. The molecule has 4 heteroatoms. The average Bonchev–Trinajstić information content (AvgIpc) is 2.50. The summed E-state index contributed by atoms with van der Waals surface area (Å²) in [4.78, 5) is 7.21. The van der Waals surface area contributed by atoms with E-state index in [2.05, 4.69) is 50.0 Å². The lowest BCUT2D eigenvalue weighted by atomic mass is 10.1. The summed E-state index contributed by atoms with van der Waals surface area (Å²) in [5.74, 6) is 1.07. The number of nitrogens with zero attached hydrogens (tertiary/aromatic N) is 2. The molecule has 0 atom stereocenters. The molecule has 0 spiro atoms. The maximum atomic E-state index is 5.26. The molecule has 21 heavy (non-hydrogen) atoms. The van der Waals surface area contributed by atoms with Gasteiger partial charge in [0.15, 0.2) is 0 Å². The van der Waals surface area contributed by atoms with Gasteiger partial charge in [-0.25, -0.2) is 4.98 Å². The topological polar surface area (TPSA) is 37.4 Å². The third kappa shape index (κ3) is 5.29. The summed E-state index contributed by atoms with van der Waals surface area (Å²) in [5.41, 5.74) is 2.39. The minimum Gasteiger partial charge on any atom is -0.383 e. The Bertz CT molecular complexity index is 405. The van der Waals surface area contributed by atoms with Crippen molar-refractivity contribution >= 4 is 5.82 Å². The first-order valence-electron chi connectivity index (χ1n) is 8.10. The fourth-order valence-electron chi connectivity index (χ4n) is 2.59. The molecular formula is C17H31N3O. The SMILES string of the molecule is CCNCc1ccc(N(CCOC)C(CC)CC)nc1C. The number of pyridine rings is 1. The van der Waals surface area contributed by atoms with Crippen LogP contribution in [-0.4, -0.2) is 37.8 Å². The number of rotatable bonds is 10. The zero-order valence-electron chi connectivity index (χ0n) is 14.3. The van der Waals surface area contributed by atoms with E-state index in [1.807, 2.05) is 0 Å². The lowest BCUT2D eigenvalue weighted by molar-refractivity contribution is 0.202. The normalized spacial score (nSPS) is 11.1. The Labute approximate surface area is 129 Å². The molecule has 0 aromatic carbocycles. The molecule has 120 valence electrons. The molecule has 4 nitrogen and oxygen atoms in total. The molecule has 0 aliphatic heterocycles. The lowest BCUT2D eigenvalue weighted by Crippen LogP contribution is -2.37. The van der Waals surface area contributed by atoms with Gasteiger partial charge >= 0.3 is 0 Å². The van der Waals surface area contributed by atoms with Crippen molar-refractivity contribution in [2.75, 3.05) is 31.7 Å². The molecule has 1 aromatic rings. The average molecular weight is 293 g/mol. The van der Waals surface area contributed by atoms with Gasteiger partial charge in [0, 0.05) is 31.9 Å². The number of hydrogen-bond acceptors (Lipinski definition) is 4. The van der Waals surface area contributed by atoms with Crippen LogP contribution in [0.5, 0.6) is 0 Å². The number of aryl methyl sites for hydroxylation is 1. The molecule has 0 saturated carbocycles. The predicted octanol–water partition coefficient (Wildman–Crippen LogP) is 3.14. The quantitative estimate of drug-likeness (QED) is 0.719. The second kappa shape index (κ2) is 9.74. The van der Waals surface area contributed by atoms with Crippen LogP contribution < -0.4 is 10.2 Å². The summed E-state index contributed by atoms with van der Waals surface area (Å²) in [5, 5.41) is 3.36. The summed E-state index contributed by atoms with van der Waals surface area (Å²) in [6, 6.07) is 4.86. The molecule has 0 unspecified atom stereocenters. The summed E-state index contributed by atoms with van der Waals surface area (Å²) in [6.07, 6.45) is 2.25. The maximum Gasteiger partial charge on any atom is 0.129 e. The van der Waals surface area contributed by atoms with Gasteiger partial charge in [-0.15, -0.1) is 0 Å². The number of anilines is 1. The van der Waals surface area contributed by atoms with E-state index in [0.29, 0.717) is 6.04 Å². The fraction of sp³-hybridized carbons (Fsp3) is 0.706. The third-order valence-electron chi connectivity index (χ3n) is 3.96. The Kier molecular flexibility index (Phi) is 8.31. The highest BCUT2D eigenvalue weighted by molar-refractivity contribution is 5.43. The van der Waals surface area contributed by atoms with Gasteiger partial charge in [0.05, 0.1) is 6.61 Å². The van der Waals surface area contributed by atoms with Crippen LogP contribution in [0.1, 0.15) is 44.9 Å². The van der Waals surface area contributed by atoms with Gasteiger partial charge in [-0.2, -0.15) is 0 Å². The molecule has 0 bridgehead atoms. The molecule has 0 fully saturated rings. The van der Waals surface area contributed by atoms with Crippen LogP contribution in [0, 0.1) is 6.92 Å².